The number of rotatable bonds is 4. The molecule has 0 aromatic rings. The number of aliphatic hydroxyl groups is 1. The summed E-state index contributed by atoms with van der Waals surface area (Å²) < 4.78 is 0. The molecule has 0 aliphatic carbocycles. The predicted octanol–water partition coefficient (Wildman–Crippen LogP) is 2.16. The number of nitrogens with zero attached hydrogens (tertiary/aromatic N) is 2. The Morgan fingerprint density at radius 1 is 1.17 bits per heavy atom. The molecule has 2 fully saturated rings. The highest BCUT2D eigenvalue weighted by Crippen LogP contribution is 2.22. The third-order valence-electron chi connectivity index (χ3n) is 5.36. The molecule has 0 aromatic carbocycles. The van der Waals surface area contributed by atoms with Crippen molar-refractivity contribution in [3.05, 3.63) is 0 Å². The third kappa shape index (κ3) is 5.64. The van der Waals surface area contributed by atoms with Crippen LogP contribution in [-0.2, 0) is 0 Å². The molecule has 2 aliphatic rings. The first-order valence-corrected chi connectivity index (χ1v) is 9.31. The molecule has 5 nitrogen and oxygen atoms in total. The van der Waals surface area contributed by atoms with Gasteiger partial charge in [-0.1, -0.05) is 13.8 Å². The second-order valence-corrected chi connectivity index (χ2v) is 8.08. The normalized spacial score (nSPS) is 30.0. The second kappa shape index (κ2) is 8.34. The number of amides is 2. The van der Waals surface area contributed by atoms with Gasteiger partial charge in [0.25, 0.3) is 0 Å². The number of carbonyl (C=O) groups is 1. The average Bonchev–Trinajstić information content (AvgIpc) is 2.45. The summed E-state index contributed by atoms with van der Waals surface area (Å²) in [4.78, 5) is 16.8. The van der Waals surface area contributed by atoms with Gasteiger partial charge in [-0.05, 0) is 50.9 Å². The zero-order valence-corrected chi connectivity index (χ0v) is 15.3. The molecule has 4 unspecified atom stereocenters. The van der Waals surface area contributed by atoms with Crippen LogP contribution in [0.2, 0.25) is 0 Å². The summed E-state index contributed by atoms with van der Waals surface area (Å²) in [7, 11) is 0. The fraction of sp³-hybridized carbons (Fsp3) is 0.944. The van der Waals surface area contributed by atoms with Crippen molar-refractivity contribution in [3.63, 3.8) is 0 Å². The van der Waals surface area contributed by atoms with Crippen molar-refractivity contribution >= 4 is 6.03 Å². The molecule has 0 aromatic heterocycles. The second-order valence-electron chi connectivity index (χ2n) is 8.08. The van der Waals surface area contributed by atoms with E-state index in [-0.39, 0.29) is 18.2 Å². The topological polar surface area (TPSA) is 55.8 Å². The van der Waals surface area contributed by atoms with Gasteiger partial charge in [0.1, 0.15) is 0 Å². The SMILES string of the molecule is CC1CC(C)CN(CC(C)NC(=O)N2CCC(C(C)O)CC2)C1. The Morgan fingerprint density at radius 2 is 1.74 bits per heavy atom. The highest BCUT2D eigenvalue weighted by atomic mass is 16.3. The highest BCUT2D eigenvalue weighted by molar-refractivity contribution is 5.74. The van der Waals surface area contributed by atoms with E-state index in [1.165, 1.54) is 6.42 Å². The van der Waals surface area contributed by atoms with Crippen molar-refractivity contribution in [3.8, 4) is 0 Å². The van der Waals surface area contributed by atoms with Crippen LogP contribution in [0.5, 0.6) is 0 Å². The smallest absolute Gasteiger partial charge is 0.317 e. The largest absolute Gasteiger partial charge is 0.393 e. The van der Waals surface area contributed by atoms with Gasteiger partial charge in [0.15, 0.2) is 0 Å². The molecule has 2 N–H and O–H groups in total. The van der Waals surface area contributed by atoms with Crippen molar-refractivity contribution in [2.75, 3.05) is 32.7 Å². The van der Waals surface area contributed by atoms with Crippen molar-refractivity contribution in [1.82, 2.24) is 15.1 Å². The van der Waals surface area contributed by atoms with Crippen LogP contribution in [0.15, 0.2) is 0 Å². The monoisotopic (exact) mass is 325 g/mol. The van der Waals surface area contributed by atoms with Crippen molar-refractivity contribution in [1.29, 1.82) is 0 Å². The Hall–Kier alpha value is -0.810. The molecule has 2 aliphatic heterocycles. The van der Waals surface area contributed by atoms with Gasteiger partial charge in [0.2, 0.25) is 0 Å². The number of nitrogens with one attached hydrogen (secondary N) is 1. The summed E-state index contributed by atoms with van der Waals surface area (Å²) in [6, 6.07) is 0.231. The van der Waals surface area contributed by atoms with E-state index in [0.717, 1.165) is 57.4 Å². The number of hydrogen-bond donors (Lipinski definition) is 2. The van der Waals surface area contributed by atoms with Gasteiger partial charge in [-0.2, -0.15) is 0 Å². The third-order valence-corrected chi connectivity index (χ3v) is 5.36. The number of hydrogen-bond acceptors (Lipinski definition) is 3. The zero-order chi connectivity index (χ0) is 17.0. The lowest BCUT2D eigenvalue weighted by Crippen LogP contribution is -2.52. The number of likely N-dealkylation sites (tertiary alicyclic amines) is 2. The Balaban J connectivity index is 1.72. The summed E-state index contributed by atoms with van der Waals surface area (Å²) >= 11 is 0. The van der Waals surface area contributed by atoms with E-state index in [0.29, 0.717) is 5.92 Å². The minimum absolute atomic E-state index is 0.0552. The number of urea groups is 1. The fourth-order valence-electron chi connectivity index (χ4n) is 4.26. The first-order valence-electron chi connectivity index (χ1n) is 9.31. The van der Waals surface area contributed by atoms with Gasteiger partial charge in [0, 0.05) is 38.8 Å². The van der Waals surface area contributed by atoms with Crippen LogP contribution in [0.4, 0.5) is 4.79 Å². The molecule has 134 valence electrons. The highest BCUT2D eigenvalue weighted by Gasteiger charge is 2.27. The summed E-state index contributed by atoms with van der Waals surface area (Å²) in [6.07, 6.45) is 2.86. The van der Waals surface area contributed by atoms with Gasteiger partial charge in [0.05, 0.1) is 6.10 Å². The van der Waals surface area contributed by atoms with Crippen molar-refractivity contribution in [2.45, 2.75) is 59.1 Å². The lowest BCUT2D eigenvalue weighted by molar-refractivity contribution is 0.0784. The summed E-state index contributed by atoms with van der Waals surface area (Å²) in [5.41, 5.74) is 0. The molecule has 2 saturated heterocycles. The number of aliphatic hydroxyl groups excluding tert-OH is 1. The predicted molar refractivity (Wildman–Crippen MR) is 93.4 cm³/mol. The minimum atomic E-state index is -0.262. The van der Waals surface area contributed by atoms with E-state index in [1.54, 1.807) is 0 Å². The van der Waals surface area contributed by atoms with E-state index < -0.39 is 0 Å². The van der Waals surface area contributed by atoms with Crippen molar-refractivity contribution < 1.29 is 9.90 Å². The van der Waals surface area contributed by atoms with Crippen LogP contribution >= 0.6 is 0 Å². The Kier molecular flexibility index (Phi) is 6.72. The first kappa shape index (κ1) is 18.5. The molecule has 0 saturated carbocycles. The Bertz CT molecular complexity index is 370. The lowest BCUT2D eigenvalue weighted by atomic mass is 9.91. The first-order chi connectivity index (χ1) is 10.8. The zero-order valence-electron chi connectivity index (χ0n) is 15.3. The Morgan fingerprint density at radius 3 is 2.26 bits per heavy atom. The standard InChI is InChI=1S/C18H35N3O2/c1-13-9-14(2)11-20(10-13)12-15(3)19-18(23)21-7-5-17(6-8-21)16(4)22/h13-17,22H,5-12H2,1-4H3,(H,19,23). The molecule has 5 heteroatoms. The number of piperidine rings is 2. The molecule has 2 heterocycles. The summed E-state index contributed by atoms with van der Waals surface area (Å²) in [6.45, 7) is 13.3. The van der Waals surface area contributed by atoms with Gasteiger partial charge in [-0.3, -0.25) is 0 Å². The molecule has 4 atom stereocenters. The van der Waals surface area contributed by atoms with E-state index in [2.05, 4.69) is 31.0 Å². The van der Waals surface area contributed by atoms with Crippen molar-refractivity contribution in [2.24, 2.45) is 17.8 Å². The molecule has 0 radical (unpaired) electrons. The fourth-order valence-corrected chi connectivity index (χ4v) is 4.26. The van der Waals surface area contributed by atoms with Gasteiger partial charge in [-0.15, -0.1) is 0 Å². The molecular formula is C18H35N3O2. The quantitative estimate of drug-likeness (QED) is 0.833. The van der Waals surface area contributed by atoms with Crippen LogP contribution in [0.3, 0.4) is 0 Å². The van der Waals surface area contributed by atoms with Crippen LogP contribution in [0, 0.1) is 17.8 Å². The summed E-state index contributed by atoms with van der Waals surface area (Å²) in [5.74, 6) is 1.84. The maximum Gasteiger partial charge on any atom is 0.317 e. The molecule has 2 rings (SSSR count). The molecule has 0 spiro atoms. The van der Waals surface area contributed by atoms with Gasteiger partial charge >= 0.3 is 6.03 Å². The molecular weight excluding hydrogens is 290 g/mol. The molecule has 0 bridgehead atoms. The van der Waals surface area contributed by atoms with Crippen LogP contribution in [0.1, 0.15) is 47.0 Å². The van der Waals surface area contributed by atoms with E-state index >= 15 is 0 Å². The number of carbonyl (C=O) groups excluding carboxylic acids is 1. The van der Waals surface area contributed by atoms with Crippen LogP contribution < -0.4 is 5.32 Å². The molecule has 2 amide bonds. The Labute approximate surface area is 141 Å². The molecule has 23 heavy (non-hydrogen) atoms. The minimum Gasteiger partial charge on any atom is -0.393 e. The maximum absolute atomic E-state index is 12.4. The van der Waals surface area contributed by atoms with Gasteiger partial charge in [-0.25, -0.2) is 4.79 Å². The van der Waals surface area contributed by atoms with Crippen LogP contribution in [0.25, 0.3) is 0 Å². The van der Waals surface area contributed by atoms with E-state index in [9.17, 15) is 9.90 Å². The lowest BCUT2D eigenvalue weighted by Gasteiger charge is -2.37. The summed E-state index contributed by atoms with van der Waals surface area (Å²) in [5, 5.41) is 12.8. The van der Waals surface area contributed by atoms with Crippen LogP contribution in [-0.4, -0.2) is 65.8 Å². The van der Waals surface area contributed by atoms with E-state index in [1.807, 2.05) is 11.8 Å². The average molecular weight is 325 g/mol. The maximum atomic E-state index is 12.4. The van der Waals surface area contributed by atoms with E-state index in [4.69, 9.17) is 0 Å². The van der Waals surface area contributed by atoms with Gasteiger partial charge < -0.3 is 20.2 Å².